The SMILES string of the molecule is CCOC(=O)[C@H]1C(=O)NC(N2CCN(c3ccc(OC)cc3)CC2)=N[C@H]1c1ccc(F)cc1. The zero-order chi connectivity index (χ0) is 23.4. The van der Waals surface area contributed by atoms with Crippen LogP contribution in [0.25, 0.3) is 0 Å². The molecule has 174 valence electrons. The van der Waals surface area contributed by atoms with Gasteiger partial charge < -0.3 is 19.3 Å². The van der Waals surface area contributed by atoms with Crippen molar-refractivity contribution in [2.45, 2.75) is 13.0 Å². The number of piperazine rings is 1. The van der Waals surface area contributed by atoms with E-state index in [1.165, 1.54) is 12.1 Å². The number of nitrogens with zero attached hydrogens (tertiary/aromatic N) is 3. The Hall–Kier alpha value is -3.62. The van der Waals surface area contributed by atoms with Crippen LogP contribution in [0.1, 0.15) is 18.5 Å². The van der Waals surface area contributed by atoms with Crippen molar-refractivity contribution in [3.05, 3.63) is 59.9 Å². The third kappa shape index (κ3) is 4.92. The van der Waals surface area contributed by atoms with Gasteiger partial charge in [0.25, 0.3) is 0 Å². The molecule has 1 saturated heterocycles. The molecule has 2 heterocycles. The fourth-order valence-corrected chi connectivity index (χ4v) is 4.09. The Balaban J connectivity index is 1.53. The molecule has 33 heavy (non-hydrogen) atoms. The molecule has 1 amide bonds. The maximum Gasteiger partial charge on any atom is 0.321 e. The summed E-state index contributed by atoms with van der Waals surface area (Å²) in [4.78, 5) is 34.4. The Morgan fingerprint density at radius 2 is 1.70 bits per heavy atom. The van der Waals surface area contributed by atoms with E-state index in [0.717, 1.165) is 24.5 Å². The van der Waals surface area contributed by atoms with Crippen LogP contribution in [-0.4, -0.2) is 62.6 Å². The average Bonchev–Trinajstić information content (AvgIpc) is 2.84. The van der Waals surface area contributed by atoms with Gasteiger partial charge in [-0.3, -0.25) is 14.9 Å². The van der Waals surface area contributed by atoms with Crippen LogP contribution in [0.2, 0.25) is 0 Å². The number of hydrogen-bond donors (Lipinski definition) is 1. The van der Waals surface area contributed by atoms with Crippen LogP contribution < -0.4 is 15.0 Å². The van der Waals surface area contributed by atoms with Crippen LogP contribution in [-0.2, 0) is 14.3 Å². The van der Waals surface area contributed by atoms with Crippen molar-refractivity contribution in [1.82, 2.24) is 10.2 Å². The zero-order valence-electron chi connectivity index (χ0n) is 18.7. The number of nitrogens with one attached hydrogen (secondary N) is 1. The number of anilines is 1. The number of esters is 1. The second-order valence-electron chi connectivity index (χ2n) is 7.84. The molecule has 2 aliphatic heterocycles. The van der Waals surface area contributed by atoms with E-state index >= 15 is 0 Å². The molecule has 0 spiro atoms. The van der Waals surface area contributed by atoms with Gasteiger partial charge >= 0.3 is 5.97 Å². The van der Waals surface area contributed by atoms with E-state index in [1.54, 1.807) is 26.2 Å². The van der Waals surface area contributed by atoms with E-state index in [9.17, 15) is 14.0 Å². The summed E-state index contributed by atoms with van der Waals surface area (Å²) >= 11 is 0. The molecule has 4 rings (SSSR count). The highest BCUT2D eigenvalue weighted by atomic mass is 19.1. The molecular weight excluding hydrogens is 427 g/mol. The first kappa shape index (κ1) is 22.6. The normalized spacial score (nSPS) is 20.7. The van der Waals surface area contributed by atoms with Gasteiger partial charge in [0.15, 0.2) is 5.92 Å². The van der Waals surface area contributed by atoms with Crippen molar-refractivity contribution in [1.29, 1.82) is 0 Å². The van der Waals surface area contributed by atoms with Crippen molar-refractivity contribution < 1.29 is 23.5 Å². The smallest absolute Gasteiger partial charge is 0.321 e. The lowest BCUT2D eigenvalue weighted by molar-refractivity contribution is -0.153. The number of benzene rings is 2. The van der Waals surface area contributed by atoms with E-state index in [-0.39, 0.29) is 6.61 Å². The van der Waals surface area contributed by atoms with E-state index in [0.29, 0.717) is 24.6 Å². The minimum absolute atomic E-state index is 0.155. The molecule has 0 saturated carbocycles. The summed E-state index contributed by atoms with van der Waals surface area (Å²) in [7, 11) is 1.64. The van der Waals surface area contributed by atoms with Crippen molar-refractivity contribution in [2.24, 2.45) is 10.9 Å². The molecule has 0 unspecified atom stereocenters. The third-order valence-corrected chi connectivity index (χ3v) is 5.86. The highest BCUT2D eigenvalue weighted by molar-refractivity contribution is 6.08. The van der Waals surface area contributed by atoms with Crippen molar-refractivity contribution in [2.75, 3.05) is 44.8 Å². The molecule has 2 atom stereocenters. The summed E-state index contributed by atoms with van der Waals surface area (Å²) in [5, 5.41) is 2.78. The standard InChI is InChI=1S/C24H27FN4O4/c1-3-33-23(31)20-21(16-4-6-17(25)7-5-16)26-24(27-22(20)30)29-14-12-28(13-15-29)18-8-10-19(32-2)11-9-18/h4-11,20-21H,3,12-15H2,1-2H3,(H,26,27,30)/t20-,21+/m1/s1. The number of guanidine groups is 1. The summed E-state index contributed by atoms with van der Waals surface area (Å²) < 4.78 is 23.8. The maximum absolute atomic E-state index is 13.5. The molecule has 0 aliphatic carbocycles. The molecule has 0 radical (unpaired) electrons. The second-order valence-corrected chi connectivity index (χ2v) is 7.84. The topological polar surface area (TPSA) is 83.5 Å². The van der Waals surface area contributed by atoms with Crippen LogP contribution in [0.5, 0.6) is 5.75 Å². The first-order valence-electron chi connectivity index (χ1n) is 10.9. The molecule has 2 aliphatic rings. The largest absolute Gasteiger partial charge is 0.497 e. The second kappa shape index (κ2) is 9.89. The van der Waals surface area contributed by atoms with Crippen LogP contribution in [0.3, 0.4) is 0 Å². The number of halogens is 1. The quantitative estimate of drug-likeness (QED) is 0.552. The highest BCUT2D eigenvalue weighted by Gasteiger charge is 2.42. The Morgan fingerprint density at radius 1 is 1.06 bits per heavy atom. The maximum atomic E-state index is 13.5. The number of rotatable bonds is 5. The fourth-order valence-electron chi connectivity index (χ4n) is 4.09. The summed E-state index contributed by atoms with van der Waals surface area (Å²) in [5.74, 6) is -1.41. The van der Waals surface area contributed by atoms with Gasteiger partial charge in [-0.1, -0.05) is 12.1 Å². The Morgan fingerprint density at radius 3 is 2.30 bits per heavy atom. The van der Waals surface area contributed by atoms with Crippen LogP contribution in [0.15, 0.2) is 53.5 Å². The summed E-state index contributed by atoms with van der Waals surface area (Å²) in [6.45, 7) is 4.61. The lowest BCUT2D eigenvalue weighted by atomic mass is 9.91. The third-order valence-electron chi connectivity index (χ3n) is 5.86. The number of methoxy groups -OCH3 is 1. The van der Waals surface area contributed by atoms with E-state index < -0.39 is 29.7 Å². The molecule has 1 fully saturated rings. The van der Waals surface area contributed by atoms with E-state index in [1.807, 2.05) is 29.2 Å². The summed E-state index contributed by atoms with van der Waals surface area (Å²) in [6.07, 6.45) is 0. The van der Waals surface area contributed by atoms with Gasteiger partial charge in [0.05, 0.1) is 13.7 Å². The zero-order valence-corrected chi connectivity index (χ0v) is 18.7. The number of ether oxygens (including phenoxy) is 2. The van der Waals surface area contributed by atoms with Crippen molar-refractivity contribution >= 4 is 23.5 Å². The predicted molar refractivity (Wildman–Crippen MR) is 122 cm³/mol. The molecule has 2 aromatic carbocycles. The van der Waals surface area contributed by atoms with E-state index in [2.05, 4.69) is 10.2 Å². The lowest BCUT2D eigenvalue weighted by Gasteiger charge is -2.39. The van der Waals surface area contributed by atoms with Gasteiger partial charge in [0.2, 0.25) is 11.9 Å². The van der Waals surface area contributed by atoms with Gasteiger partial charge in [-0.15, -0.1) is 0 Å². The van der Waals surface area contributed by atoms with Crippen LogP contribution in [0, 0.1) is 11.7 Å². The average molecular weight is 455 g/mol. The van der Waals surface area contributed by atoms with Crippen molar-refractivity contribution in [3.63, 3.8) is 0 Å². The number of aliphatic imine (C=N–C) groups is 1. The minimum atomic E-state index is -1.13. The van der Waals surface area contributed by atoms with Crippen LogP contribution in [0.4, 0.5) is 10.1 Å². The molecule has 9 heteroatoms. The monoisotopic (exact) mass is 454 g/mol. The summed E-state index contributed by atoms with van der Waals surface area (Å²) in [5.41, 5.74) is 1.68. The molecule has 1 N–H and O–H groups in total. The molecule has 0 bridgehead atoms. The minimum Gasteiger partial charge on any atom is -0.497 e. The van der Waals surface area contributed by atoms with Crippen molar-refractivity contribution in [3.8, 4) is 5.75 Å². The molecular formula is C24H27FN4O4. The van der Waals surface area contributed by atoms with Gasteiger partial charge in [0, 0.05) is 31.9 Å². The summed E-state index contributed by atoms with van der Waals surface area (Å²) in [6, 6.07) is 12.8. The van der Waals surface area contributed by atoms with E-state index in [4.69, 9.17) is 14.5 Å². The fraction of sp³-hybridized carbons (Fsp3) is 0.375. The number of carbonyl (C=O) groups excluding carboxylic acids is 2. The molecule has 0 aromatic heterocycles. The van der Waals surface area contributed by atoms with Gasteiger partial charge in [-0.2, -0.15) is 0 Å². The first-order chi connectivity index (χ1) is 16.0. The van der Waals surface area contributed by atoms with Gasteiger partial charge in [0.1, 0.15) is 17.6 Å². The molecule has 8 nitrogen and oxygen atoms in total. The van der Waals surface area contributed by atoms with Gasteiger partial charge in [-0.05, 0) is 48.9 Å². The Bertz CT molecular complexity index is 1020. The number of carbonyl (C=O) groups is 2. The lowest BCUT2D eigenvalue weighted by Crippen LogP contribution is -2.57. The Labute approximate surface area is 192 Å². The number of amides is 1. The first-order valence-corrected chi connectivity index (χ1v) is 10.9. The predicted octanol–water partition coefficient (Wildman–Crippen LogP) is 2.36. The number of hydrogen-bond acceptors (Lipinski definition) is 7. The van der Waals surface area contributed by atoms with Gasteiger partial charge in [-0.25, -0.2) is 9.38 Å². The Kier molecular flexibility index (Phi) is 6.76. The highest BCUT2D eigenvalue weighted by Crippen LogP contribution is 2.31. The molecule has 2 aromatic rings. The van der Waals surface area contributed by atoms with Crippen LogP contribution >= 0.6 is 0 Å².